The summed E-state index contributed by atoms with van der Waals surface area (Å²) < 4.78 is 36.0. The summed E-state index contributed by atoms with van der Waals surface area (Å²) >= 11 is 0. The summed E-state index contributed by atoms with van der Waals surface area (Å²) in [6, 6.07) is 0. The SMILES string of the molecule is CCOC(=O)c1cn[nH]c1S(=O)(=O)NCc1nc(C)no1. The standard InChI is InChI=1S/C10H13N5O5S/c1-3-19-10(16)7-4-11-14-9(7)21(17,18)12-5-8-13-6(2)15-20-8/h4,12H,3,5H2,1-2H3,(H,11,14). The predicted molar refractivity (Wildman–Crippen MR) is 67.6 cm³/mol. The Kier molecular flexibility index (Phi) is 4.33. The molecule has 114 valence electrons. The van der Waals surface area contributed by atoms with E-state index in [-0.39, 0.29) is 29.6 Å². The van der Waals surface area contributed by atoms with Crippen LogP contribution in [-0.2, 0) is 21.3 Å². The number of sulfonamides is 1. The topological polar surface area (TPSA) is 140 Å². The van der Waals surface area contributed by atoms with E-state index in [1.807, 2.05) is 0 Å². The van der Waals surface area contributed by atoms with Gasteiger partial charge >= 0.3 is 5.97 Å². The van der Waals surface area contributed by atoms with Gasteiger partial charge in [-0.25, -0.2) is 17.9 Å². The number of nitrogens with zero attached hydrogens (tertiary/aromatic N) is 3. The van der Waals surface area contributed by atoms with Crippen LogP contribution in [0.4, 0.5) is 0 Å². The maximum atomic E-state index is 12.1. The van der Waals surface area contributed by atoms with Crippen LogP contribution in [0.25, 0.3) is 0 Å². The minimum atomic E-state index is -4.00. The van der Waals surface area contributed by atoms with Gasteiger partial charge in [-0.3, -0.25) is 5.10 Å². The van der Waals surface area contributed by atoms with Gasteiger partial charge in [-0.1, -0.05) is 5.16 Å². The summed E-state index contributed by atoms with van der Waals surface area (Å²) in [6.07, 6.45) is 1.09. The summed E-state index contributed by atoms with van der Waals surface area (Å²) in [4.78, 5) is 15.5. The van der Waals surface area contributed by atoms with E-state index < -0.39 is 16.0 Å². The van der Waals surface area contributed by atoms with Crippen LogP contribution < -0.4 is 4.72 Å². The van der Waals surface area contributed by atoms with Crippen LogP contribution in [0.3, 0.4) is 0 Å². The Labute approximate surface area is 119 Å². The lowest BCUT2D eigenvalue weighted by molar-refractivity contribution is 0.0522. The van der Waals surface area contributed by atoms with Crippen molar-refractivity contribution in [3.63, 3.8) is 0 Å². The zero-order valence-corrected chi connectivity index (χ0v) is 12.1. The second kappa shape index (κ2) is 6.01. The van der Waals surface area contributed by atoms with Crippen LogP contribution in [0, 0.1) is 6.92 Å². The van der Waals surface area contributed by atoms with Crippen LogP contribution in [0.5, 0.6) is 0 Å². The summed E-state index contributed by atoms with van der Waals surface area (Å²) in [5.41, 5.74) is -0.175. The molecule has 10 nitrogen and oxygen atoms in total. The van der Waals surface area contributed by atoms with Gasteiger partial charge in [0.15, 0.2) is 10.9 Å². The molecule has 0 aliphatic carbocycles. The number of ether oxygens (including phenoxy) is 1. The lowest BCUT2D eigenvalue weighted by Crippen LogP contribution is -2.25. The van der Waals surface area contributed by atoms with E-state index in [1.165, 1.54) is 0 Å². The monoisotopic (exact) mass is 315 g/mol. The number of nitrogens with one attached hydrogen (secondary N) is 2. The molecule has 0 aliphatic heterocycles. The molecule has 0 unspecified atom stereocenters. The third-order valence-corrected chi connectivity index (χ3v) is 3.72. The largest absolute Gasteiger partial charge is 0.462 e. The third kappa shape index (κ3) is 3.44. The number of carbonyl (C=O) groups excluding carboxylic acids is 1. The molecule has 2 aromatic rings. The number of esters is 1. The Morgan fingerprint density at radius 1 is 1.52 bits per heavy atom. The number of hydrogen-bond donors (Lipinski definition) is 2. The highest BCUT2D eigenvalue weighted by atomic mass is 32.2. The van der Waals surface area contributed by atoms with Crippen molar-refractivity contribution in [2.75, 3.05) is 6.61 Å². The Morgan fingerprint density at radius 2 is 2.29 bits per heavy atom. The van der Waals surface area contributed by atoms with Gasteiger partial charge in [0, 0.05) is 0 Å². The molecule has 0 saturated heterocycles. The number of rotatable bonds is 6. The lowest BCUT2D eigenvalue weighted by atomic mass is 10.4. The normalized spacial score (nSPS) is 11.5. The molecule has 21 heavy (non-hydrogen) atoms. The van der Waals surface area contributed by atoms with Gasteiger partial charge < -0.3 is 9.26 Å². The van der Waals surface area contributed by atoms with E-state index in [1.54, 1.807) is 13.8 Å². The molecule has 0 atom stereocenters. The molecule has 2 aromatic heterocycles. The quantitative estimate of drug-likeness (QED) is 0.696. The fourth-order valence-corrected chi connectivity index (χ4v) is 2.53. The van der Waals surface area contributed by atoms with Gasteiger partial charge in [0.25, 0.3) is 10.0 Å². The van der Waals surface area contributed by atoms with Crippen LogP contribution in [0.15, 0.2) is 15.7 Å². The summed E-state index contributed by atoms with van der Waals surface area (Å²) in [5, 5.41) is 8.97. The molecule has 0 aromatic carbocycles. The highest BCUT2D eigenvalue weighted by Gasteiger charge is 2.26. The Morgan fingerprint density at radius 3 is 2.90 bits per heavy atom. The molecule has 0 radical (unpaired) electrons. The molecule has 11 heteroatoms. The summed E-state index contributed by atoms with van der Waals surface area (Å²) in [6.45, 7) is 3.14. The van der Waals surface area contributed by atoms with Crippen molar-refractivity contribution in [1.29, 1.82) is 0 Å². The van der Waals surface area contributed by atoms with E-state index in [2.05, 4.69) is 25.1 Å². The van der Waals surface area contributed by atoms with Crippen molar-refractivity contribution in [2.24, 2.45) is 0 Å². The fraction of sp³-hybridized carbons (Fsp3) is 0.400. The average molecular weight is 315 g/mol. The maximum Gasteiger partial charge on any atom is 0.342 e. The molecule has 0 bridgehead atoms. The molecule has 0 amide bonds. The number of H-pyrrole nitrogens is 1. The molecule has 2 N–H and O–H groups in total. The highest BCUT2D eigenvalue weighted by molar-refractivity contribution is 7.89. The minimum Gasteiger partial charge on any atom is -0.462 e. The van der Waals surface area contributed by atoms with Crippen molar-refractivity contribution in [2.45, 2.75) is 25.4 Å². The Hall–Kier alpha value is -2.27. The van der Waals surface area contributed by atoms with Crippen molar-refractivity contribution < 1.29 is 22.5 Å². The number of hydrogen-bond acceptors (Lipinski definition) is 8. The van der Waals surface area contributed by atoms with Crippen molar-refractivity contribution >= 4 is 16.0 Å². The van der Waals surface area contributed by atoms with Crippen molar-refractivity contribution in [3.05, 3.63) is 23.5 Å². The van der Waals surface area contributed by atoms with E-state index in [0.29, 0.717) is 5.82 Å². The number of aryl methyl sites for hydroxylation is 1. The van der Waals surface area contributed by atoms with Gasteiger partial charge in [0.05, 0.1) is 19.3 Å². The van der Waals surface area contributed by atoms with E-state index in [0.717, 1.165) is 6.20 Å². The van der Waals surface area contributed by atoms with Gasteiger partial charge in [-0.2, -0.15) is 10.1 Å². The molecule has 2 rings (SSSR count). The molecule has 0 aliphatic rings. The first-order valence-electron chi connectivity index (χ1n) is 5.93. The zero-order chi connectivity index (χ0) is 15.5. The molecule has 0 fully saturated rings. The molecular weight excluding hydrogens is 302 g/mol. The summed E-state index contributed by atoms with van der Waals surface area (Å²) in [5.74, 6) is -0.286. The van der Waals surface area contributed by atoms with E-state index >= 15 is 0 Å². The third-order valence-electron chi connectivity index (χ3n) is 2.35. The van der Waals surface area contributed by atoms with Gasteiger partial charge in [-0.05, 0) is 13.8 Å². The molecular formula is C10H13N5O5S. The number of carbonyl (C=O) groups is 1. The van der Waals surface area contributed by atoms with Crippen LogP contribution >= 0.6 is 0 Å². The van der Waals surface area contributed by atoms with Gasteiger partial charge in [0.1, 0.15) is 5.56 Å². The Bertz CT molecular complexity index is 735. The van der Waals surface area contributed by atoms with Gasteiger partial charge in [-0.15, -0.1) is 0 Å². The predicted octanol–water partition coefficient (Wildman–Crippen LogP) is -0.244. The lowest BCUT2D eigenvalue weighted by Gasteiger charge is -2.05. The molecule has 0 spiro atoms. The van der Waals surface area contributed by atoms with Crippen LogP contribution in [0.1, 0.15) is 29.0 Å². The first-order valence-corrected chi connectivity index (χ1v) is 7.41. The first-order chi connectivity index (χ1) is 9.94. The summed E-state index contributed by atoms with van der Waals surface area (Å²) in [7, 11) is -4.00. The van der Waals surface area contributed by atoms with Crippen molar-refractivity contribution in [1.82, 2.24) is 25.1 Å². The second-order valence-electron chi connectivity index (χ2n) is 3.89. The van der Waals surface area contributed by atoms with Crippen LogP contribution in [-0.4, -0.2) is 41.3 Å². The van der Waals surface area contributed by atoms with Gasteiger partial charge in [0.2, 0.25) is 5.89 Å². The fourth-order valence-electron chi connectivity index (χ4n) is 1.47. The zero-order valence-electron chi connectivity index (χ0n) is 11.3. The Balaban J connectivity index is 2.16. The molecule has 2 heterocycles. The van der Waals surface area contributed by atoms with Crippen molar-refractivity contribution in [3.8, 4) is 0 Å². The maximum absolute atomic E-state index is 12.1. The average Bonchev–Trinajstić information content (AvgIpc) is 3.05. The van der Waals surface area contributed by atoms with Crippen LogP contribution in [0.2, 0.25) is 0 Å². The molecule has 0 saturated carbocycles. The minimum absolute atomic E-state index is 0.105. The van der Waals surface area contributed by atoms with E-state index in [9.17, 15) is 13.2 Å². The second-order valence-corrected chi connectivity index (χ2v) is 5.60. The first kappa shape index (κ1) is 15.1. The number of aromatic nitrogens is 4. The number of aromatic amines is 1. The highest BCUT2D eigenvalue weighted by Crippen LogP contribution is 2.13. The smallest absolute Gasteiger partial charge is 0.342 e. The van der Waals surface area contributed by atoms with E-state index in [4.69, 9.17) is 9.26 Å².